The van der Waals surface area contributed by atoms with Crippen molar-refractivity contribution in [3.05, 3.63) is 35.4 Å². The average Bonchev–Trinajstić information content (AvgIpc) is 2.43. The third-order valence-electron chi connectivity index (χ3n) is 3.87. The van der Waals surface area contributed by atoms with E-state index in [1.165, 1.54) is 11.1 Å². The molecule has 0 radical (unpaired) electrons. The molecule has 1 amide bonds. The monoisotopic (exact) mass is 297 g/mol. The number of benzene rings is 1. The number of amides is 1. The second-order valence-electron chi connectivity index (χ2n) is 5.48. The van der Waals surface area contributed by atoms with E-state index < -0.39 is 0 Å². The molecule has 1 fully saturated rings. The highest BCUT2D eigenvalue weighted by Gasteiger charge is 2.21. The minimum Gasteiger partial charge on any atom is -0.299 e. The van der Waals surface area contributed by atoms with Gasteiger partial charge in [0.15, 0.2) is 0 Å². The van der Waals surface area contributed by atoms with Crippen LogP contribution in [0.2, 0.25) is 0 Å². The van der Waals surface area contributed by atoms with E-state index in [1.807, 2.05) is 0 Å². The summed E-state index contributed by atoms with van der Waals surface area (Å²) in [6.07, 6.45) is 2.73. The van der Waals surface area contributed by atoms with Crippen molar-refractivity contribution < 1.29 is 4.79 Å². The minimum atomic E-state index is -0.0445. The molecule has 3 N–H and O–H groups in total. The average molecular weight is 298 g/mol. The van der Waals surface area contributed by atoms with Gasteiger partial charge in [0.1, 0.15) is 0 Å². The quantitative estimate of drug-likeness (QED) is 0.508. The SMILES string of the molecule is Cc1ccc(CN2CCC(CC(=O)NN)CC2)cc1.Cl. The predicted molar refractivity (Wildman–Crippen MR) is 83.4 cm³/mol. The molecule has 0 atom stereocenters. The fourth-order valence-corrected chi connectivity index (χ4v) is 2.62. The summed E-state index contributed by atoms with van der Waals surface area (Å²) in [6, 6.07) is 8.72. The highest BCUT2D eigenvalue weighted by Crippen LogP contribution is 2.21. The maximum absolute atomic E-state index is 11.2. The summed E-state index contributed by atoms with van der Waals surface area (Å²) >= 11 is 0. The molecule has 20 heavy (non-hydrogen) atoms. The molecule has 1 aromatic carbocycles. The van der Waals surface area contributed by atoms with Gasteiger partial charge < -0.3 is 0 Å². The Balaban J connectivity index is 0.00000200. The Labute approximate surface area is 127 Å². The first-order valence-electron chi connectivity index (χ1n) is 6.94. The molecule has 1 aliphatic heterocycles. The van der Waals surface area contributed by atoms with Gasteiger partial charge in [-0.1, -0.05) is 29.8 Å². The summed E-state index contributed by atoms with van der Waals surface area (Å²) in [4.78, 5) is 13.7. The molecule has 0 bridgehead atoms. The number of hydrazine groups is 1. The van der Waals surface area contributed by atoms with E-state index in [4.69, 9.17) is 5.84 Å². The number of nitrogens with two attached hydrogens (primary N) is 1. The molecule has 1 aliphatic rings. The Morgan fingerprint density at radius 3 is 2.45 bits per heavy atom. The van der Waals surface area contributed by atoms with E-state index in [2.05, 4.69) is 41.5 Å². The smallest absolute Gasteiger partial charge is 0.234 e. The van der Waals surface area contributed by atoms with Crippen LogP contribution in [0.4, 0.5) is 0 Å². The lowest BCUT2D eigenvalue weighted by molar-refractivity contribution is -0.122. The summed E-state index contributed by atoms with van der Waals surface area (Å²) in [5, 5.41) is 0. The zero-order valence-electron chi connectivity index (χ0n) is 12.0. The second-order valence-corrected chi connectivity index (χ2v) is 5.48. The Bertz CT molecular complexity index is 414. The van der Waals surface area contributed by atoms with Crippen LogP contribution < -0.4 is 11.3 Å². The molecule has 1 heterocycles. The van der Waals surface area contributed by atoms with Crippen LogP contribution in [0.3, 0.4) is 0 Å². The van der Waals surface area contributed by atoms with Crippen LogP contribution in [0, 0.1) is 12.8 Å². The number of hydrogen-bond donors (Lipinski definition) is 2. The highest BCUT2D eigenvalue weighted by atomic mass is 35.5. The molecular formula is C15H24ClN3O. The zero-order valence-corrected chi connectivity index (χ0v) is 12.8. The molecule has 0 aliphatic carbocycles. The first-order chi connectivity index (χ1) is 9.17. The zero-order chi connectivity index (χ0) is 13.7. The second kappa shape index (κ2) is 8.25. The van der Waals surface area contributed by atoms with Gasteiger partial charge in [-0.15, -0.1) is 12.4 Å². The fraction of sp³-hybridized carbons (Fsp3) is 0.533. The molecular weight excluding hydrogens is 274 g/mol. The van der Waals surface area contributed by atoms with Crippen molar-refractivity contribution in [1.82, 2.24) is 10.3 Å². The van der Waals surface area contributed by atoms with Crippen LogP contribution in [0.1, 0.15) is 30.4 Å². The van der Waals surface area contributed by atoms with E-state index >= 15 is 0 Å². The van der Waals surface area contributed by atoms with E-state index in [9.17, 15) is 4.79 Å². The molecule has 5 heteroatoms. The third kappa shape index (κ3) is 5.12. The van der Waals surface area contributed by atoms with E-state index in [0.29, 0.717) is 12.3 Å². The normalized spacial score (nSPS) is 16.5. The van der Waals surface area contributed by atoms with Gasteiger partial charge in [0.05, 0.1) is 0 Å². The van der Waals surface area contributed by atoms with Gasteiger partial charge in [-0.2, -0.15) is 0 Å². The number of rotatable bonds is 4. The van der Waals surface area contributed by atoms with Crippen molar-refractivity contribution in [3.8, 4) is 0 Å². The number of halogens is 1. The first kappa shape index (κ1) is 17.0. The molecule has 0 aromatic heterocycles. The molecule has 1 saturated heterocycles. The van der Waals surface area contributed by atoms with Crippen LogP contribution in [0.25, 0.3) is 0 Å². The van der Waals surface area contributed by atoms with Crippen molar-refractivity contribution in [2.75, 3.05) is 13.1 Å². The molecule has 112 valence electrons. The van der Waals surface area contributed by atoms with Gasteiger partial charge in [-0.05, 0) is 44.3 Å². The molecule has 4 nitrogen and oxygen atoms in total. The van der Waals surface area contributed by atoms with Crippen LogP contribution in [0.5, 0.6) is 0 Å². The largest absolute Gasteiger partial charge is 0.299 e. The standard InChI is InChI=1S/C15H23N3O.ClH/c1-12-2-4-14(5-3-12)11-18-8-6-13(7-9-18)10-15(19)17-16;/h2-5,13H,6-11,16H2,1H3,(H,17,19);1H. The van der Waals surface area contributed by atoms with Crippen LogP contribution >= 0.6 is 12.4 Å². The number of likely N-dealkylation sites (tertiary alicyclic amines) is 1. The maximum Gasteiger partial charge on any atom is 0.234 e. The van der Waals surface area contributed by atoms with Crippen LogP contribution in [0.15, 0.2) is 24.3 Å². The van der Waals surface area contributed by atoms with Gasteiger partial charge >= 0.3 is 0 Å². The molecule has 2 rings (SSSR count). The summed E-state index contributed by atoms with van der Waals surface area (Å²) in [5.41, 5.74) is 4.88. The number of nitrogens with one attached hydrogen (secondary N) is 1. The predicted octanol–water partition coefficient (Wildman–Crippen LogP) is 2.01. The van der Waals surface area contributed by atoms with Crippen molar-refractivity contribution >= 4 is 18.3 Å². The molecule has 0 saturated carbocycles. The number of carbonyl (C=O) groups is 1. The van der Waals surface area contributed by atoms with Crippen molar-refractivity contribution in [2.45, 2.75) is 32.7 Å². The third-order valence-corrected chi connectivity index (χ3v) is 3.87. The van der Waals surface area contributed by atoms with Gasteiger partial charge in [-0.3, -0.25) is 15.1 Å². The summed E-state index contributed by atoms with van der Waals surface area (Å²) in [7, 11) is 0. The van der Waals surface area contributed by atoms with Crippen molar-refractivity contribution in [1.29, 1.82) is 0 Å². The van der Waals surface area contributed by atoms with Gasteiger partial charge in [0.2, 0.25) is 5.91 Å². The van der Waals surface area contributed by atoms with E-state index in [-0.39, 0.29) is 18.3 Å². The van der Waals surface area contributed by atoms with Gasteiger partial charge in [0, 0.05) is 13.0 Å². The Morgan fingerprint density at radius 2 is 1.90 bits per heavy atom. The van der Waals surface area contributed by atoms with Crippen molar-refractivity contribution in [2.24, 2.45) is 11.8 Å². The van der Waals surface area contributed by atoms with E-state index in [1.54, 1.807) is 0 Å². The number of nitrogens with zero attached hydrogens (tertiary/aromatic N) is 1. The molecule has 1 aromatic rings. The molecule has 0 spiro atoms. The summed E-state index contributed by atoms with van der Waals surface area (Å²) in [6.45, 7) is 5.25. The topological polar surface area (TPSA) is 58.4 Å². The Hall–Kier alpha value is -1.10. The van der Waals surface area contributed by atoms with Crippen molar-refractivity contribution in [3.63, 3.8) is 0 Å². The minimum absolute atomic E-state index is 0. The van der Waals surface area contributed by atoms with E-state index in [0.717, 1.165) is 32.5 Å². The lowest BCUT2D eigenvalue weighted by atomic mass is 9.93. The lowest BCUT2D eigenvalue weighted by Gasteiger charge is -2.31. The molecule has 0 unspecified atom stereocenters. The summed E-state index contributed by atoms with van der Waals surface area (Å²) < 4.78 is 0. The summed E-state index contributed by atoms with van der Waals surface area (Å²) in [5.74, 6) is 5.56. The number of carbonyl (C=O) groups excluding carboxylic acids is 1. The van der Waals surface area contributed by atoms with Crippen LogP contribution in [-0.2, 0) is 11.3 Å². The van der Waals surface area contributed by atoms with Gasteiger partial charge in [0.25, 0.3) is 0 Å². The fourth-order valence-electron chi connectivity index (χ4n) is 2.62. The highest BCUT2D eigenvalue weighted by molar-refractivity contribution is 5.85. The Morgan fingerprint density at radius 1 is 1.30 bits per heavy atom. The number of hydrogen-bond acceptors (Lipinski definition) is 3. The van der Waals surface area contributed by atoms with Gasteiger partial charge in [-0.25, -0.2) is 5.84 Å². The number of piperidine rings is 1. The lowest BCUT2D eigenvalue weighted by Crippen LogP contribution is -2.37. The van der Waals surface area contributed by atoms with Crippen LogP contribution in [-0.4, -0.2) is 23.9 Å². The maximum atomic E-state index is 11.2. The Kier molecular flexibility index (Phi) is 6.99. The first-order valence-corrected chi connectivity index (χ1v) is 6.94. The number of aryl methyl sites for hydroxylation is 1.